The van der Waals surface area contributed by atoms with Gasteiger partial charge in [-0.15, -0.1) is 0 Å². The van der Waals surface area contributed by atoms with E-state index in [9.17, 15) is 14.9 Å². The van der Waals surface area contributed by atoms with Crippen LogP contribution in [-0.2, 0) is 0 Å². The monoisotopic (exact) mass is 300 g/mol. The molecule has 0 spiro atoms. The van der Waals surface area contributed by atoms with Gasteiger partial charge in [0.25, 0.3) is 5.69 Å². The van der Waals surface area contributed by atoms with Gasteiger partial charge in [-0.3, -0.25) is 10.1 Å². The summed E-state index contributed by atoms with van der Waals surface area (Å²) in [6.45, 7) is 0. The van der Waals surface area contributed by atoms with Gasteiger partial charge in [-0.1, -0.05) is 0 Å². The summed E-state index contributed by atoms with van der Waals surface area (Å²) >= 11 is 0. The summed E-state index contributed by atoms with van der Waals surface area (Å²) < 4.78 is 0. The molecule has 0 amide bonds. The SMILES string of the molecule is O=C(O)c1cc(NC2CC2)nc(-c2ccc([N+](=O)[O-])cc2)n1. The molecule has 8 nitrogen and oxygen atoms in total. The van der Waals surface area contributed by atoms with E-state index < -0.39 is 10.9 Å². The largest absolute Gasteiger partial charge is 0.477 e. The van der Waals surface area contributed by atoms with Crippen molar-refractivity contribution in [2.75, 3.05) is 5.32 Å². The van der Waals surface area contributed by atoms with E-state index in [2.05, 4.69) is 15.3 Å². The number of nitro groups is 1. The molecule has 0 aliphatic heterocycles. The summed E-state index contributed by atoms with van der Waals surface area (Å²) in [6.07, 6.45) is 2.05. The van der Waals surface area contributed by atoms with E-state index in [4.69, 9.17) is 5.11 Å². The van der Waals surface area contributed by atoms with E-state index in [0.717, 1.165) is 12.8 Å². The standard InChI is InChI=1S/C14H12N4O4/c19-14(20)11-7-12(15-9-3-4-9)17-13(16-11)8-1-5-10(6-2-8)18(21)22/h1-2,5-7,9H,3-4H2,(H,19,20)(H,15,16,17). The first-order valence-corrected chi connectivity index (χ1v) is 6.66. The lowest BCUT2D eigenvalue weighted by atomic mass is 10.2. The number of non-ortho nitro benzene ring substituents is 1. The number of benzene rings is 1. The highest BCUT2D eigenvalue weighted by atomic mass is 16.6. The van der Waals surface area contributed by atoms with Crippen molar-refractivity contribution in [3.8, 4) is 11.4 Å². The van der Waals surface area contributed by atoms with Gasteiger partial charge in [-0.05, 0) is 25.0 Å². The molecule has 1 aromatic carbocycles. The first kappa shape index (κ1) is 13.9. The maximum atomic E-state index is 11.2. The molecule has 0 bridgehead atoms. The van der Waals surface area contributed by atoms with Crippen LogP contribution in [0.4, 0.5) is 11.5 Å². The molecule has 22 heavy (non-hydrogen) atoms. The van der Waals surface area contributed by atoms with Crippen molar-refractivity contribution in [3.05, 3.63) is 46.1 Å². The molecule has 1 saturated carbocycles. The fraction of sp³-hybridized carbons (Fsp3) is 0.214. The Hall–Kier alpha value is -3.03. The molecule has 0 atom stereocenters. The lowest BCUT2D eigenvalue weighted by molar-refractivity contribution is -0.384. The van der Waals surface area contributed by atoms with E-state index in [1.54, 1.807) is 0 Å². The number of hydrogen-bond acceptors (Lipinski definition) is 6. The normalized spacial score (nSPS) is 13.6. The first-order chi connectivity index (χ1) is 10.5. The molecule has 1 aliphatic rings. The third-order valence-corrected chi connectivity index (χ3v) is 3.21. The molecule has 0 radical (unpaired) electrons. The van der Waals surface area contributed by atoms with E-state index in [1.807, 2.05) is 0 Å². The molecule has 2 N–H and O–H groups in total. The maximum Gasteiger partial charge on any atom is 0.354 e. The Bertz CT molecular complexity index is 741. The maximum absolute atomic E-state index is 11.2. The molecular formula is C14H12N4O4. The molecule has 0 saturated heterocycles. The lowest BCUT2D eigenvalue weighted by Gasteiger charge is -2.07. The van der Waals surface area contributed by atoms with E-state index >= 15 is 0 Å². The predicted molar refractivity (Wildman–Crippen MR) is 77.7 cm³/mol. The predicted octanol–water partition coefficient (Wildman–Crippen LogP) is 2.32. The Labute approximate surface area is 125 Å². The minimum atomic E-state index is -1.15. The molecule has 1 heterocycles. The topological polar surface area (TPSA) is 118 Å². The first-order valence-electron chi connectivity index (χ1n) is 6.66. The van der Waals surface area contributed by atoms with Gasteiger partial charge in [0.05, 0.1) is 4.92 Å². The molecule has 8 heteroatoms. The van der Waals surface area contributed by atoms with Crippen molar-refractivity contribution < 1.29 is 14.8 Å². The summed E-state index contributed by atoms with van der Waals surface area (Å²) in [5.41, 5.74) is 0.355. The number of aromatic carboxylic acids is 1. The highest BCUT2D eigenvalue weighted by molar-refractivity contribution is 5.87. The molecule has 112 valence electrons. The highest BCUT2D eigenvalue weighted by Gasteiger charge is 2.22. The van der Waals surface area contributed by atoms with Crippen molar-refractivity contribution in [2.24, 2.45) is 0 Å². The summed E-state index contributed by atoms with van der Waals surface area (Å²) in [6, 6.07) is 7.37. The van der Waals surface area contributed by atoms with Crippen LogP contribution < -0.4 is 5.32 Å². The molecule has 2 aromatic rings. The van der Waals surface area contributed by atoms with Gasteiger partial charge in [0.1, 0.15) is 5.82 Å². The Morgan fingerprint density at radius 2 is 1.95 bits per heavy atom. The second-order valence-corrected chi connectivity index (χ2v) is 4.99. The molecule has 3 rings (SSSR count). The number of hydrogen-bond donors (Lipinski definition) is 2. The second-order valence-electron chi connectivity index (χ2n) is 4.99. The summed E-state index contributed by atoms with van der Waals surface area (Å²) in [7, 11) is 0. The third kappa shape index (κ3) is 3.00. The number of aromatic nitrogens is 2. The Morgan fingerprint density at radius 1 is 1.27 bits per heavy atom. The summed E-state index contributed by atoms with van der Waals surface area (Å²) in [5.74, 6) is -0.481. The van der Waals surface area contributed by atoms with Crippen molar-refractivity contribution >= 4 is 17.5 Å². The van der Waals surface area contributed by atoms with Gasteiger partial charge < -0.3 is 10.4 Å². The quantitative estimate of drug-likeness (QED) is 0.642. The van der Waals surface area contributed by atoms with Crippen LogP contribution in [0.25, 0.3) is 11.4 Å². The Kier molecular flexibility index (Phi) is 3.42. The summed E-state index contributed by atoms with van der Waals surface area (Å²) in [5, 5.41) is 22.9. The minimum Gasteiger partial charge on any atom is -0.477 e. The zero-order chi connectivity index (χ0) is 15.7. The second kappa shape index (κ2) is 5.40. The third-order valence-electron chi connectivity index (χ3n) is 3.21. The van der Waals surface area contributed by atoms with E-state index in [1.165, 1.54) is 30.3 Å². The number of carboxylic acids is 1. The van der Waals surface area contributed by atoms with Crippen LogP contribution in [-0.4, -0.2) is 32.0 Å². The number of anilines is 1. The smallest absolute Gasteiger partial charge is 0.354 e. The van der Waals surface area contributed by atoms with Crippen LogP contribution in [0.1, 0.15) is 23.3 Å². The fourth-order valence-electron chi connectivity index (χ4n) is 1.93. The van der Waals surface area contributed by atoms with Gasteiger partial charge in [-0.25, -0.2) is 14.8 Å². The Balaban J connectivity index is 1.98. The van der Waals surface area contributed by atoms with Gasteiger partial charge >= 0.3 is 5.97 Å². The number of nitro benzene ring substituents is 1. The van der Waals surface area contributed by atoms with Gasteiger partial charge in [0.2, 0.25) is 0 Å². The molecule has 0 unspecified atom stereocenters. The molecule has 1 aliphatic carbocycles. The zero-order valence-corrected chi connectivity index (χ0v) is 11.4. The van der Waals surface area contributed by atoms with E-state index in [-0.39, 0.29) is 17.2 Å². The highest BCUT2D eigenvalue weighted by Crippen LogP contribution is 2.26. The number of rotatable bonds is 5. The average Bonchev–Trinajstić information content (AvgIpc) is 3.31. The Morgan fingerprint density at radius 3 is 2.50 bits per heavy atom. The minimum absolute atomic E-state index is 0.0468. The molecule has 1 fully saturated rings. The summed E-state index contributed by atoms with van der Waals surface area (Å²) in [4.78, 5) is 29.6. The number of carboxylic acid groups (broad SMARTS) is 1. The van der Waals surface area contributed by atoms with Crippen LogP contribution in [0.5, 0.6) is 0 Å². The van der Waals surface area contributed by atoms with Gasteiger partial charge in [-0.2, -0.15) is 0 Å². The van der Waals surface area contributed by atoms with Crippen LogP contribution in [0.2, 0.25) is 0 Å². The van der Waals surface area contributed by atoms with Crippen LogP contribution in [0.15, 0.2) is 30.3 Å². The van der Waals surface area contributed by atoms with Gasteiger partial charge in [0.15, 0.2) is 11.5 Å². The molecular weight excluding hydrogens is 288 g/mol. The van der Waals surface area contributed by atoms with Crippen LogP contribution >= 0.6 is 0 Å². The van der Waals surface area contributed by atoms with E-state index in [0.29, 0.717) is 17.4 Å². The van der Waals surface area contributed by atoms with Crippen LogP contribution in [0.3, 0.4) is 0 Å². The fourth-order valence-corrected chi connectivity index (χ4v) is 1.93. The average molecular weight is 300 g/mol. The number of nitrogens with zero attached hydrogens (tertiary/aromatic N) is 3. The van der Waals surface area contributed by atoms with Gasteiger partial charge in [0, 0.05) is 29.8 Å². The number of nitrogens with one attached hydrogen (secondary N) is 1. The molecule has 1 aromatic heterocycles. The van der Waals surface area contributed by atoms with Crippen LogP contribution in [0, 0.1) is 10.1 Å². The lowest BCUT2D eigenvalue weighted by Crippen LogP contribution is -2.09. The van der Waals surface area contributed by atoms with Crippen molar-refractivity contribution in [1.29, 1.82) is 0 Å². The number of carbonyl (C=O) groups is 1. The van der Waals surface area contributed by atoms with Crippen molar-refractivity contribution in [1.82, 2.24) is 9.97 Å². The zero-order valence-electron chi connectivity index (χ0n) is 11.4. The van der Waals surface area contributed by atoms with Crippen molar-refractivity contribution in [3.63, 3.8) is 0 Å². The van der Waals surface area contributed by atoms with Crippen molar-refractivity contribution in [2.45, 2.75) is 18.9 Å².